The van der Waals surface area contributed by atoms with Crippen molar-refractivity contribution in [1.29, 1.82) is 0 Å². The molecule has 23 heavy (non-hydrogen) atoms. The molecule has 0 aliphatic heterocycles. The van der Waals surface area contributed by atoms with Gasteiger partial charge in [-0.15, -0.1) is 0 Å². The molecule has 1 amide bonds. The minimum absolute atomic E-state index is 0.0528. The van der Waals surface area contributed by atoms with Crippen LogP contribution in [0.25, 0.3) is 11.2 Å². The van der Waals surface area contributed by atoms with Crippen LogP contribution in [-0.4, -0.2) is 36.5 Å². The number of nitrogens with zero attached hydrogens (tertiary/aromatic N) is 4. The third kappa shape index (κ3) is 3.26. The summed E-state index contributed by atoms with van der Waals surface area (Å²) in [5, 5.41) is 14.0. The van der Waals surface area contributed by atoms with Gasteiger partial charge in [0.2, 0.25) is 5.91 Å². The van der Waals surface area contributed by atoms with Crippen molar-refractivity contribution in [3.8, 4) is 0 Å². The minimum Gasteiger partial charge on any atom is -0.341 e. The lowest BCUT2D eigenvalue weighted by Crippen LogP contribution is -2.15. The predicted molar refractivity (Wildman–Crippen MR) is 84.1 cm³/mol. The monoisotopic (exact) mass is 330 g/mol. The number of nitro benzene ring substituents is 1. The number of benzene rings is 1. The Morgan fingerprint density at radius 2 is 2.13 bits per heavy atom. The van der Waals surface area contributed by atoms with Crippen molar-refractivity contribution in [2.24, 2.45) is 0 Å². The van der Waals surface area contributed by atoms with Gasteiger partial charge in [0.15, 0.2) is 5.65 Å². The number of thioether (sulfide) groups is 1. The molecular formula is C13H10N6O3S. The Bertz CT molecular complexity index is 881. The minimum atomic E-state index is -0.540. The van der Waals surface area contributed by atoms with E-state index in [2.05, 4.69) is 25.3 Å². The van der Waals surface area contributed by atoms with E-state index in [4.69, 9.17) is 0 Å². The lowest BCUT2D eigenvalue weighted by Gasteiger charge is -2.05. The summed E-state index contributed by atoms with van der Waals surface area (Å²) in [5.74, 6) is -0.312. The fraction of sp³-hybridized carbons (Fsp3) is 0.0769. The highest BCUT2D eigenvalue weighted by Gasteiger charge is 2.15. The number of fused-ring (bicyclic) bond motifs is 1. The first kappa shape index (κ1) is 14.9. The molecule has 0 saturated heterocycles. The molecule has 0 fully saturated rings. The first-order chi connectivity index (χ1) is 11.1. The van der Waals surface area contributed by atoms with E-state index < -0.39 is 4.92 Å². The van der Waals surface area contributed by atoms with Gasteiger partial charge in [0.25, 0.3) is 5.69 Å². The van der Waals surface area contributed by atoms with Crippen LogP contribution in [0.3, 0.4) is 0 Å². The molecule has 2 N–H and O–H groups in total. The van der Waals surface area contributed by atoms with Gasteiger partial charge in [-0.25, -0.2) is 15.0 Å². The Hall–Kier alpha value is -3.01. The summed E-state index contributed by atoms with van der Waals surface area (Å²) in [5.41, 5.74) is 1.18. The smallest absolute Gasteiger partial charge is 0.292 e. The molecule has 0 spiro atoms. The summed E-state index contributed by atoms with van der Waals surface area (Å²) < 4.78 is 0. The predicted octanol–water partition coefficient (Wildman–Crippen LogP) is 1.99. The summed E-state index contributed by atoms with van der Waals surface area (Å²) in [6.45, 7) is 0. The molecule has 0 atom stereocenters. The number of carbonyl (C=O) groups excluding carboxylic acids is 1. The molecule has 2 heterocycles. The number of aromatic amines is 1. The summed E-state index contributed by atoms with van der Waals surface area (Å²) in [6, 6.07) is 5.98. The molecule has 3 rings (SSSR count). The van der Waals surface area contributed by atoms with E-state index in [1.54, 1.807) is 12.1 Å². The molecule has 0 aliphatic carbocycles. The van der Waals surface area contributed by atoms with Crippen molar-refractivity contribution < 1.29 is 9.72 Å². The standard InChI is InChI=1S/C13H10N6O3S/c20-10(18-8-3-1-2-4-9(8)19(21)22)5-23-13-11-12(15-6-14-11)16-7-17-13/h1-4,6-7H,5H2,(H,18,20)(H,14,15,16,17). The lowest BCUT2D eigenvalue weighted by atomic mass is 10.2. The molecule has 0 bridgehead atoms. The van der Waals surface area contributed by atoms with Crippen LogP contribution in [0.4, 0.5) is 11.4 Å². The second-order valence-electron chi connectivity index (χ2n) is 4.39. The zero-order chi connectivity index (χ0) is 16.2. The van der Waals surface area contributed by atoms with Gasteiger partial charge in [0.1, 0.15) is 22.6 Å². The molecule has 0 radical (unpaired) electrons. The first-order valence-electron chi connectivity index (χ1n) is 6.45. The van der Waals surface area contributed by atoms with Crippen LogP contribution in [0.5, 0.6) is 0 Å². The largest absolute Gasteiger partial charge is 0.341 e. The molecule has 1 aromatic carbocycles. The van der Waals surface area contributed by atoms with Crippen molar-refractivity contribution in [2.75, 3.05) is 11.1 Å². The van der Waals surface area contributed by atoms with Crippen LogP contribution >= 0.6 is 11.8 Å². The molecule has 0 saturated carbocycles. The molecule has 10 heteroatoms. The van der Waals surface area contributed by atoms with E-state index in [1.807, 2.05) is 0 Å². The number of carbonyl (C=O) groups is 1. The lowest BCUT2D eigenvalue weighted by molar-refractivity contribution is -0.383. The summed E-state index contributed by atoms with van der Waals surface area (Å²) in [6.07, 6.45) is 2.86. The van der Waals surface area contributed by atoms with Gasteiger partial charge in [0, 0.05) is 6.07 Å². The number of rotatable bonds is 5. The Kier molecular flexibility index (Phi) is 4.15. The van der Waals surface area contributed by atoms with Crippen molar-refractivity contribution in [1.82, 2.24) is 19.9 Å². The third-order valence-electron chi connectivity index (χ3n) is 2.90. The number of hydrogen-bond acceptors (Lipinski definition) is 7. The van der Waals surface area contributed by atoms with Crippen molar-refractivity contribution in [2.45, 2.75) is 5.03 Å². The molecule has 2 aromatic heterocycles. The maximum Gasteiger partial charge on any atom is 0.292 e. The van der Waals surface area contributed by atoms with E-state index in [1.165, 1.54) is 36.5 Å². The average molecular weight is 330 g/mol. The van der Waals surface area contributed by atoms with E-state index in [-0.39, 0.29) is 23.0 Å². The number of hydrogen-bond donors (Lipinski definition) is 2. The highest BCUT2D eigenvalue weighted by atomic mass is 32.2. The molecule has 0 unspecified atom stereocenters. The molecular weight excluding hydrogens is 320 g/mol. The molecule has 9 nitrogen and oxygen atoms in total. The van der Waals surface area contributed by atoms with Gasteiger partial charge in [-0.1, -0.05) is 23.9 Å². The highest BCUT2D eigenvalue weighted by Crippen LogP contribution is 2.25. The number of amides is 1. The second kappa shape index (κ2) is 6.40. The number of nitrogens with one attached hydrogen (secondary N) is 2. The molecule has 3 aromatic rings. The first-order valence-corrected chi connectivity index (χ1v) is 7.44. The van der Waals surface area contributed by atoms with Crippen molar-refractivity contribution in [3.63, 3.8) is 0 Å². The fourth-order valence-corrected chi connectivity index (χ4v) is 2.67. The number of anilines is 1. The van der Waals surface area contributed by atoms with Crippen LogP contribution in [0, 0.1) is 10.1 Å². The number of para-hydroxylation sites is 2. The van der Waals surface area contributed by atoms with Gasteiger partial charge in [-0.05, 0) is 6.07 Å². The Labute approximate surface area is 133 Å². The topological polar surface area (TPSA) is 127 Å². The van der Waals surface area contributed by atoms with Crippen LogP contribution < -0.4 is 5.32 Å². The fourth-order valence-electron chi connectivity index (χ4n) is 1.91. The maximum absolute atomic E-state index is 12.0. The maximum atomic E-state index is 12.0. The third-order valence-corrected chi connectivity index (χ3v) is 3.89. The van der Waals surface area contributed by atoms with Gasteiger partial charge in [-0.3, -0.25) is 14.9 Å². The van der Waals surface area contributed by atoms with Crippen LogP contribution in [-0.2, 0) is 4.79 Å². The summed E-state index contributed by atoms with van der Waals surface area (Å²) in [4.78, 5) is 37.4. The molecule has 0 aliphatic rings. The van der Waals surface area contributed by atoms with Crippen molar-refractivity contribution in [3.05, 3.63) is 47.0 Å². The van der Waals surface area contributed by atoms with E-state index in [0.29, 0.717) is 16.2 Å². The van der Waals surface area contributed by atoms with E-state index in [9.17, 15) is 14.9 Å². The molecule has 116 valence electrons. The van der Waals surface area contributed by atoms with Gasteiger partial charge < -0.3 is 10.3 Å². The normalized spacial score (nSPS) is 10.6. The van der Waals surface area contributed by atoms with E-state index in [0.717, 1.165) is 0 Å². The number of H-pyrrole nitrogens is 1. The number of aromatic nitrogens is 4. The second-order valence-corrected chi connectivity index (χ2v) is 5.36. The average Bonchev–Trinajstić information content (AvgIpc) is 3.02. The van der Waals surface area contributed by atoms with Gasteiger partial charge in [-0.2, -0.15) is 0 Å². The van der Waals surface area contributed by atoms with Gasteiger partial charge in [0.05, 0.1) is 17.0 Å². The zero-order valence-electron chi connectivity index (χ0n) is 11.6. The van der Waals surface area contributed by atoms with Crippen LogP contribution in [0.1, 0.15) is 0 Å². The summed E-state index contributed by atoms with van der Waals surface area (Å²) in [7, 11) is 0. The summed E-state index contributed by atoms with van der Waals surface area (Å²) >= 11 is 1.19. The van der Waals surface area contributed by atoms with Crippen LogP contribution in [0.15, 0.2) is 41.9 Å². The Morgan fingerprint density at radius 3 is 2.96 bits per heavy atom. The van der Waals surface area contributed by atoms with E-state index >= 15 is 0 Å². The van der Waals surface area contributed by atoms with Gasteiger partial charge >= 0.3 is 0 Å². The number of nitro groups is 1. The van der Waals surface area contributed by atoms with Crippen molar-refractivity contribution >= 4 is 40.2 Å². The zero-order valence-corrected chi connectivity index (χ0v) is 12.4. The highest BCUT2D eigenvalue weighted by molar-refractivity contribution is 8.00. The Morgan fingerprint density at radius 1 is 1.30 bits per heavy atom. The SMILES string of the molecule is O=C(CSc1ncnc2nc[nH]c12)Nc1ccccc1[N+](=O)[O-]. The Balaban J connectivity index is 1.69. The van der Waals surface area contributed by atoms with Crippen LogP contribution in [0.2, 0.25) is 0 Å². The number of imidazole rings is 1. The quantitative estimate of drug-likeness (QED) is 0.317.